The van der Waals surface area contributed by atoms with Crippen molar-refractivity contribution in [1.82, 2.24) is 14.9 Å². The Morgan fingerprint density at radius 3 is 2.80 bits per heavy atom. The number of nitrogens with zero attached hydrogens (tertiary/aromatic N) is 1. The lowest BCUT2D eigenvalue weighted by molar-refractivity contribution is 0.0692. The summed E-state index contributed by atoms with van der Waals surface area (Å²) < 4.78 is 25.6. The molecule has 0 radical (unpaired) electrons. The van der Waals surface area contributed by atoms with Crippen LogP contribution in [0.25, 0.3) is 0 Å². The number of aromatic carboxylic acids is 1. The Kier molecular flexibility index (Phi) is 2.24. The molecule has 0 saturated heterocycles. The van der Waals surface area contributed by atoms with E-state index in [1.54, 1.807) is 0 Å². The van der Waals surface area contributed by atoms with E-state index in [9.17, 15) is 13.2 Å². The number of carboxylic acids is 1. The van der Waals surface area contributed by atoms with Crippen molar-refractivity contribution in [1.29, 1.82) is 0 Å². The first-order chi connectivity index (χ1) is 7.00. The summed E-state index contributed by atoms with van der Waals surface area (Å²) in [4.78, 5) is 10.7. The lowest BCUT2D eigenvalue weighted by Crippen LogP contribution is -2.27. The first-order valence-corrected chi connectivity index (χ1v) is 5.78. The highest BCUT2D eigenvalue weighted by atomic mass is 32.2. The third-order valence-electron chi connectivity index (χ3n) is 2.00. The molecule has 1 aliphatic rings. The van der Waals surface area contributed by atoms with Gasteiger partial charge in [0, 0.05) is 6.04 Å². The maximum Gasteiger partial charge on any atom is 0.340 e. The Bertz CT molecular complexity index is 488. The fraction of sp³-hybridized carbons (Fsp3) is 0.429. The molecule has 0 unspecified atom stereocenters. The number of sulfonamides is 1. The van der Waals surface area contributed by atoms with Gasteiger partial charge in [-0.15, -0.1) is 0 Å². The van der Waals surface area contributed by atoms with Crippen molar-refractivity contribution in [2.24, 2.45) is 0 Å². The van der Waals surface area contributed by atoms with Crippen LogP contribution in [0.4, 0.5) is 0 Å². The summed E-state index contributed by atoms with van der Waals surface area (Å²) in [7, 11) is -3.78. The van der Waals surface area contributed by atoms with E-state index in [1.165, 1.54) is 0 Å². The smallest absolute Gasteiger partial charge is 0.340 e. The summed E-state index contributed by atoms with van der Waals surface area (Å²) in [5.41, 5.74) is -0.344. The van der Waals surface area contributed by atoms with Gasteiger partial charge in [0.25, 0.3) is 10.0 Å². The van der Waals surface area contributed by atoms with Crippen LogP contribution >= 0.6 is 0 Å². The first-order valence-electron chi connectivity index (χ1n) is 4.29. The summed E-state index contributed by atoms with van der Waals surface area (Å²) >= 11 is 0. The van der Waals surface area contributed by atoms with Crippen LogP contribution in [-0.4, -0.2) is 35.7 Å². The van der Waals surface area contributed by atoms with Crippen LogP contribution < -0.4 is 4.72 Å². The lowest BCUT2D eigenvalue weighted by atomic mass is 10.4. The average Bonchev–Trinajstić information content (AvgIpc) is 2.80. The molecule has 0 spiro atoms. The molecule has 0 aliphatic heterocycles. The van der Waals surface area contributed by atoms with E-state index in [-0.39, 0.29) is 16.6 Å². The second kappa shape index (κ2) is 3.31. The molecule has 15 heavy (non-hydrogen) atoms. The van der Waals surface area contributed by atoms with Gasteiger partial charge in [-0.1, -0.05) is 0 Å². The highest BCUT2D eigenvalue weighted by Gasteiger charge is 2.31. The van der Waals surface area contributed by atoms with Crippen LogP contribution in [0.3, 0.4) is 0 Å². The van der Waals surface area contributed by atoms with Crippen LogP contribution in [0, 0.1) is 0 Å². The second-order valence-corrected chi connectivity index (χ2v) is 4.96. The standard InChI is InChI=1S/C7H9N3O4S/c11-7(12)5-3-8-9-6(5)15(13,14)10-4-1-2-4/h3-4,10H,1-2H2,(H,8,9)(H,11,12). The normalized spacial score (nSPS) is 16.5. The van der Waals surface area contributed by atoms with Crippen molar-refractivity contribution in [3.63, 3.8) is 0 Å². The number of rotatable bonds is 4. The zero-order chi connectivity index (χ0) is 11.1. The van der Waals surface area contributed by atoms with Crippen molar-refractivity contribution in [3.05, 3.63) is 11.8 Å². The molecular weight excluding hydrogens is 222 g/mol. The topological polar surface area (TPSA) is 112 Å². The zero-order valence-corrected chi connectivity index (χ0v) is 8.41. The number of carbonyl (C=O) groups is 1. The molecule has 1 aliphatic carbocycles. The molecule has 1 fully saturated rings. The summed E-state index contributed by atoms with van der Waals surface area (Å²) in [6.07, 6.45) is 2.55. The minimum atomic E-state index is -3.78. The predicted octanol–water partition coefficient (Wildman–Crippen LogP) is -0.451. The van der Waals surface area contributed by atoms with Gasteiger partial charge in [0.1, 0.15) is 5.56 Å². The number of hydrogen-bond donors (Lipinski definition) is 3. The van der Waals surface area contributed by atoms with Gasteiger partial charge in [-0.05, 0) is 12.8 Å². The summed E-state index contributed by atoms with van der Waals surface area (Å²) in [6.45, 7) is 0. The van der Waals surface area contributed by atoms with E-state index in [4.69, 9.17) is 5.11 Å². The second-order valence-electron chi connectivity index (χ2n) is 3.31. The molecule has 1 aromatic heterocycles. The third kappa shape index (κ3) is 2.00. The van der Waals surface area contributed by atoms with Crippen molar-refractivity contribution in [2.75, 3.05) is 0 Å². The minimum absolute atomic E-state index is 0.0695. The Balaban J connectivity index is 2.34. The van der Waals surface area contributed by atoms with Gasteiger partial charge in [-0.25, -0.2) is 17.9 Å². The molecule has 0 amide bonds. The molecule has 82 valence electrons. The molecule has 1 heterocycles. The van der Waals surface area contributed by atoms with Crippen molar-refractivity contribution < 1.29 is 18.3 Å². The highest BCUT2D eigenvalue weighted by Crippen LogP contribution is 2.22. The van der Waals surface area contributed by atoms with Crippen molar-refractivity contribution in [3.8, 4) is 0 Å². The Labute approximate surface area is 85.5 Å². The third-order valence-corrected chi connectivity index (χ3v) is 3.49. The maximum absolute atomic E-state index is 11.6. The minimum Gasteiger partial charge on any atom is -0.478 e. The number of hydrogen-bond acceptors (Lipinski definition) is 4. The molecule has 8 heteroatoms. The van der Waals surface area contributed by atoms with Gasteiger partial charge in [0.05, 0.1) is 6.20 Å². The molecule has 2 rings (SSSR count). The SMILES string of the molecule is O=C(O)c1cn[nH]c1S(=O)(=O)NC1CC1. The van der Waals surface area contributed by atoms with Crippen molar-refractivity contribution >= 4 is 16.0 Å². The van der Waals surface area contributed by atoms with Crippen LogP contribution in [0.2, 0.25) is 0 Å². The monoisotopic (exact) mass is 231 g/mol. The van der Waals surface area contributed by atoms with Gasteiger partial charge >= 0.3 is 5.97 Å². The van der Waals surface area contributed by atoms with Crippen molar-refractivity contribution in [2.45, 2.75) is 23.9 Å². The molecule has 0 atom stereocenters. The Morgan fingerprint density at radius 1 is 1.60 bits per heavy atom. The number of nitrogens with one attached hydrogen (secondary N) is 2. The average molecular weight is 231 g/mol. The van der Waals surface area contributed by atoms with E-state index in [1.807, 2.05) is 0 Å². The Hall–Kier alpha value is -1.41. The van der Waals surface area contributed by atoms with Gasteiger partial charge in [0.2, 0.25) is 0 Å². The molecule has 1 saturated carbocycles. The lowest BCUT2D eigenvalue weighted by Gasteiger charge is -2.02. The largest absolute Gasteiger partial charge is 0.478 e. The van der Waals surface area contributed by atoms with Crippen LogP contribution in [0.1, 0.15) is 23.2 Å². The quantitative estimate of drug-likeness (QED) is 0.649. The van der Waals surface area contributed by atoms with E-state index in [0.29, 0.717) is 0 Å². The maximum atomic E-state index is 11.6. The van der Waals surface area contributed by atoms with Gasteiger partial charge in [-0.3, -0.25) is 5.10 Å². The molecule has 0 bridgehead atoms. The molecule has 1 aromatic rings. The summed E-state index contributed by atoms with van der Waals surface area (Å²) in [5, 5.41) is 13.9. The van der Waals surface area contributed by atoms with E-state index < -0.39 is 16.0 Å². The fourth-order valence-electron chi connectivity index (χ4n) is 1.11. The highest BCUT2D eigenvalue weighted by molar-refractivity contribution is 7.89. The predicted molar refractivity (Wildman–Crippen MR) is 48.9 cm³/mol. The number of carboxylic acid groups (broad SMARTS) is 1. The van der Waals surface area contributed by atoms with E-state index in [0.717, 1.165) is 19.0 Å². The van der Waals surface area contributed by atoms with Crippen LogP contribution in [0.5, 0.6) is 0 Å². The first kappa shape index (κ1) is 10.1. The Morgan fingerprint density at radius 2 is 2.27 bits per heavy atom. The van der Waals surface area contributed by atoms with Gasteiger partial charge < -0.3 is 5.11 Å². The number of aromatic nitrogens is 2. The van der Waals surface area contributed by atoms with Gasteiger partial charge in [0.15, 0.2) is 5.03 Å². The fourth-order valence-corrected chi connectivity index (χ4v) is 2.51. The summed E-state index contributed by atoms with van der Waals surface area (Å²) in [5.74, 6) is -1.32. The van der Waals surface area contributed by atoms with E-state index >= 15 is 0 Å². The number of aromatic amines is 1. The van der Waals surface area contributed by atoms with Crippen LogP contribution in [0.15, 0.2) is 11.2 Å². The molecule has 0 aromatic carbocycles. The zero-order valence-electron chi connectivity index (χ0n) is 7.60. The molecule has 3 N–H and O–H groups in total. The van der Waals surface area contributed by atoms with Gasteiger partial charge in [-0.2, -0.15) is 5.10 Å². The molecular formula is C7H9N3O4S. The number of H-pyrrole nitrogens is 1. The van der Waals surface area contributed by atoms with Crippen LogP contribution in [-0.2, 0) is 10.0 Å². The summed E-state index contributed by atoms with van der Waals surface area (Å²) in [6, 6.07) is -0.0695. The molecule has 7 nitrogen and oxygen atoms in total. The van der Waals surface area contributed by atoms with E-state index in [2.05, 4.69) is 14.9 Å².